The second kappa shape index (κ2) is 8.36. The van der Waals surface area contributed by atoms with Crippen molar-refractivity contribution in [1.82, 2.24) is 20.1 Å². The molecule has 1 aromatic carbocycles. The fourth-order valence-corrected chi connectivity index (χ4v) is 3.85. The molecule has 4 heterocycles. The molecule has 10 heteroatoms. The summed E-state index contributed by atoms with van der Waals surface area (Å²) < 4.78 is 12.1. The second-order valence-corrected chi connectivity index (χ2v) is 8.13. The van der Waals surface area contributed by atoms with Crippen molar-refractivity contribution in [3.8, 4) is 29.0 Å². The summed E-state index contributed by atoms with van der Waals surface area (Å²) in [6.45, 7) is 1.99. The Morgan fingerprint density at radius 1 is 1.16 bits per heavy atom. The normalized spacial score (nSPS) is 13.9. The first-order valence-electron chi connectivity index (χ1n) is 9.93. The number of amides is 1. The third-order valence-corrected chi connectivity index (χ3v) is 5.78. The predicted octanol–water partition coefficient (Wildman–Crippen LogP) is 3.92. The summed E-state index contributed by atoms with van der Waals surface area (Å²) in [4.78, 5) is 20.9. The second-order valence-electron chi connectivity index (χ2n) is 7.21. The highest BCUT2D eigenvalue weighted by molar-refractivity contribution is 9.10. The van der Waals surface area contributed by atoms with E-state index in [4.69, 9.17) is 8.83 Å². The molecule has 0 bridgehead atoms. The van der Waals surface area contributed by atoms with Crippen LogP contribution in [0, 0.1) is 11.3 Å². The topological polar surface area (TPSA) is 115 Å². The Morgan fingerprint density at radius 3 is 2.62 bits per heavy atom. The molecule has 0 unspecified atom stereocenters. The zero-order valence-corrected chi connectivity index (χ0v) is 18.4. The molecule has 1 saturated heterocycles. The fraction of sp³-hybridized carbons (Fsp3) is 0.182. The molecule has 160 valence electrons. The number of oxazole rings is 1. The van der Waals surface area contributed by atoms with Gasteiger partial charge in [-0.25, -0.2) is 0 Å². The number of H-pyrrole nitrogens is 1. The lowest BCUT2D eigenvalue weighted by Crippen LogP contribution is -2.49. The first-order valence-corrected chi connectivity index (χ1v) is 10.7. The van der Waals surface area contributed by atoms with Crippen LogP contribution in [-0.2, 0) is 0 Å². The van der Waals surface area contributed by atoms with E-state index in [9.17, 15) is 10.1 Å². The maximum absolute atomic E-state index is 13.0. The van der Waals surface area contributed by atoms with E-state index in [1.54, 1.807) is 23.1 Å². The number of aromatic nitrogens is 3. The van der Waals surface area contributed by atoms with Crippen molar-refractivity contribution in [3.05, 3.63) is 64.6 Å². The Morgan fingerprint density at radius 2 is 1.94 bits per heavy atom. The lowest BCUT2D eigenvalue weighted by atomic mass is 10.1. The van der Waals surface area contributed by atoms with E-state index in [0.717, 1.165) is 10.0 Å². The largest absolute Gasteiger partial charge is 0.459 e. The van der Waals surface area contributed by atoms with Crippen LogP contribution in [0.5, 0.6) is 0 Å². The Balaban J connectivity index is 1.27. The van der Waals surface area contributed by atoms with Crippen LogP contribution in [0.1, 0.15) is 16.2 Å². The third kappa shape index (κ3) is 3.78. The minimum atomic E-state index is -0.116. The van der Waals surface area contributed by atoms with E-state index in [0.29, 0.717) is 49.2 Å². The molecule has 1 N–H and O–H groups in total. The molecule has 4 aromatic rings. The van der Waals surface area contributed by atoms with Crippen LogP contribution in [0.3, 0.4) is 0 Å². The van der Waals surface area contributed by atoms with Gasteiger partial charge in [-0.2, -0.15) is 15.3 Å². The van der Waals surface area contributed by atoms with Crippen molar-refractivity contribution < 1.29 is 13.6 Å². The van der Waals surface area contributed by atoms with Gasteiger partial charge >= 0.3 is 0 Å². The average molecular weight is 493 g/mol. The Labute approximate surface area is 191 Å². The molecule has 5 rings (SSSR count). The number of hydrogen-bond acceptors (Lipinski definition) is 7. The van der Waals surface area contributed by atoms with Crippen molar-refractivity contribution in [1.29, 1.82) is 5.26 Å². The summed E-state index contributed by atoms with van der Waals surface area (Å²) in [7, 11) is 0. The molecule has 1 aliphatic heterocycles. The number of aromatic amines is 1. The molecular weight excluding hydrogens is 476 g/mol. The van der Waals surface area contributed by atoms with E-state index in [-0.39, 0.29) is 17.5 Å². The number of rotatable bonds is 4. The molecule has 1 aliphatic rings. The Kier molecular flexibility index (Phi) is 5.25. The van der Waals surface area contributed by atoms with Gasteiger partial charge in [0.05, 0.1) is 12.0 Å². The number of furan rings is 1. The molecule has 1 fully saturated rings. The minimum Gasteiger partial charge on any atom is -0.459 e. The van der Waals surface area contributed by atoms with Crippen LogP contribution < -0.4 is 4.90 Å². The number of nitrogens with one attached hydrogen (secondary N) is 1. The van der Waals surface area contributed by atoms with Gasteiger partial charge in [0.1, 0.15) is 11.8 Å². The van der Waals surface area contributed by atoms with E-state index >= 15 is 0 Å². The SMILES string of the molecule is N#Cc1nc(-c2ccco2)oc1N1CCN(C(=O)c2cc(-c3ccc(Br)cc3)n[nH]2)CC1. The first-order chi connectivity index (χ1) is 15.6. The summed E-state index contributed by atoms with van der Waals surface area (Å²) in [5.74, 6) is 1.00. The van der Waals surface area contributed by atoms with E-state index in [2.05, 4.69) is 37.2 Å². The number of nitriles is 1. The van der Waals surface area contributed by atoms with E-state index < -0.39 is 0 Å². The highest BCUT2D eigenvalue weighted by atomic mass is 79.9. The summed E-state index contributed by atoms with van der Waals surface area (Å²) in [5, 5.41) is 16.6. The smallest absolute Gasteiger partial charge is 0.272 e. The van der Waals surface area contributed by atoms with Crippen molar-refractivity contribution in [2.24, 2.45) is 0 Å². The monoisotopic (exact) mass is 492 g/mol. The molecule has 1 amide bonds. The number of carbonyl (C=O) groups excluding carboxylic acids is 1. The van der Waals surface area contributed by atoms with Gasteiger partial charge in [-0.1, -0.05) is 28.1 Å². The van der Waals surface area contributed by atoms with Crippen LogP contribution in [0.2, 0.25) is 0 Å². The molecule has 0 spiro atoms. The van der Waals surface area contributed by atoms with Gasteiger partial charge in [0.25, 0.3) is 11.8 Å². The zero-order valence-electron chi connectivity index (χ0n) is 16.8. The fourth-order valence-electron chi connectivity index (χ4n) is 3.59. The first kappa shape index (κ1) is 20.1. The van der Waals surface area contributed by atoms with Crippen molar-refractivity contribution in [2.45, 2.75) is 0 Å². The van der Waals surface area contributed by atoms with Crippen LogP contribution in [0.25, 0.3) is 22.9 Å². The number of piperazine rings is 1. The number of hydrogen-bond donors (Lipinski definition) is 1. The zero-order chi connectivity index (χ0) is 22.1. The maximum atomic E-state index is 13.0. The van der Waals surface area contributed by atoms with Crippen molar-refractivity contribution in [2.75, 3.05) is 31.1 Å². The lowest BCUT2D eigenvalue weighted by molar-refractivity contribution is 0.0739. The van der Waals surface area contributed by atoms with E-state index in [1.165, 1.54) is 6.26 Å². The summed E-state index contributed by atoms with van der Waals surface area (Å²) in [5.41, 5.74) is 2.28. The van der Waals surface area contributed by atoms with Gasteiger partial charge < -0.3 is 18.6 Å². The van der Waals surface area contributed by atoms with Crippen LogP contribution in [0.4, 0.5) is 5.88 Å². The third-order valence-electron chi connectivity index (χ3n) is 5.25. The minimum absolute atomic E-state index is 0.116. The molecule has 0 radical (unpaired) electrons. The molecule has 0 saturated carbocycles. The average Bonchev–Trinajstić information content (AvgIpc) is 3.59. The molecule has 9 nitrogen and oxygen atoms in total. The van der Waals surface area contributed by atoms with Crippen LogP contribution in [0.15, 0.2) is 62.0 Å². The number of halogens is 1. The number of carbonyl (C=O) groups is 1. The van der Waals surface area contributed by atoms with Crippen LogP contribution in [-0.4, -0.2) is 52.2 Å². The van der Waals surface area contributed by atoms with Crippen LogP contribution >= 0.6 is 15.9 Å². The Hall–Kier alpha value is -3.84. The van der Waals surface area contributed by atoms with Gasteiger partial charge in [-0.05, 0) is 30.3 Å². The molecule has 3 aromatic heterocycles. The molecule has 0 atom stereocenters. The van der Waals surface area contributed by atoms with Gasteiger partial charge in [0.2, 0.25) is 11.6 Å². The number of benzene rings is 1. The van der Waals surface area contributed by atoms with Gasteiger partial charge in [-0.15, -0.1) is 0 Å². The Bertz CT molecular complexity index is 1280. The van der Waals surface area contributed by atoms with Crippen molar-refractivity contribution >= 4 is 27.7 Å². The molecular formula is C22H17BrN6O3. The summed E-state index contributed by atoms with van der Waals surface area (Å²) in [6, 6.07) is 15.0. The predicted molar refractivity (Wildman–Crippen MR) is 119 cm³/mol. The quantitative estimate of drug-likeness (QED) is 0.458. The lowest BCUT2D eigenvalue weighted by Gasteiger charge is -2.34. The van der Waals surface area contributed by atoms with E-state index in [1.807, 2.05) is 29.2 Å². The number of nitrogens with zero attached hydrogens (tertiary/aromatic N) is 5. The van der Waals surface area contributed by atoms with Gasteiger partial charge in [-0.3, -0.25) is 9.89 Å². The molecule has 32 heavy (non-hydrogen) atoms. The van der Waals surface area contributed by atoms with Crippen molar-refractivity contribution in [3.63, 3.8) is 0 Å². The highest BCUT2D eigenvalue weighted by Crippen LogP contribution is 2.29. The summed E-state index contributed by atoms with van der Waals surface area (Å²) in [6.07, 6.45) is 1.52. The highest BCUT2D eigenvalue weighted by Gasteiger charge is 2.28. The van der Waals surface area contributed by atoms with Gasteiger partial charge in [0, 0.05) is 36.2 Å². The standard InChI is InChI=1S/C22H17BrN6O3/c23-15-5-3-14(4-6-15)16-12-17(27-26-16)21(30)28-7-9-29(10-8-28)22-18(13-24)25-20(32-22)19-2-1-11-31-19/h1-6,11-12H,7-10H2,(H,26,27). The number of anilines is 1. The van der Waals surface area contributed by atoms with Gasteiger partial charge in [0.15, 0.2) is 5.76 Å². The molecule has 0 aliphatic carbocycles. The maximum Gasteiger partial charge on any atom is 0.272 e. The summed E-state index contributed by atoms with van der Waals surface area (Å²) >= 11 is 3.41.